The van der Waals surface area contributed by atoms with Gasteiger partial charge in [0.15, 0.2) is 5.78 Å². The van der Waals surface area contributed by atoms with Crippen LogP contribution in [0.5, 0.6) is 0 Å². The molecule has 6 rings (SSSR count). The summed E-state index contributed by atoms with van der Waals surface area (Å²) >= 11 is 0. The highest BCUT2D eigenvalue weighted by molar-refractivity contribution is 6.00. The molecule has 3 aromatic rings. The number of Topliss-reactive ketones (excluding diaryl/α,β-unsaturated/α-hetero) is 1. The molecule has 1 N–H and O–H groups in total. The molecule has 6 heterocycles. The number of nitrogens with zero attached hydrogens (tertiary/aromatic N) is 6. The number of carbonyl (C=O) groups is 1. The maximum absolute atomic E-state index is 12.7. The van der Waals surface area contributed by atoms with Crippen LogP contribution in [0, 0.1) is 0 Å². The molecule has 184 valence electrons. The smallest absolute Gasteiger partial charge is 0.230 e. The van der Waals surface area contributed by atoms with Crippen LogP contribution in [0.3, 0.4) is 0 Å². The first-order valence-corrected chi connectivity index (χ1v) is 12.7. The third-order valence-electron chi connectivity index (χ3n) is 7.94. The van der Waals surface area contributed by atoms with Crippen LogP contribution in [0.25, 0.3) is 11.0 Å². The number of piperazine rings is 1. The van der Waals surface area contributed by atoms with Crippen LogP contribution in [0.1, 0.15) is 50.0 Å². The molecule has 2 fully saturated rings. The largest absolute Gasteiger partial charge is 0.381 e. The molecule has 0 aromatic carbocycles. The van der Waals surface area contributed by atoms with Gasteiger partial charge in [-0.2, -0.15) is 4.98 Å². The molecular weight excluding hydrogens is 442 g/mol. The van der Waals surface area contributed by atoms with E-state index < -0.39 is 0 Å². The third kappa shape index (κ3) is 4.06. The summed E-state index contributed by atoms with van der Waals surface area (Å²) in [4.78, 5) is 31.6. The highest BCUT2D eigenvalue weighted by atomic mass is 16.5. The number of hydrogen-bond acceptors (Lipinski definition) is 8. The molecule has 0 unspecified atom stereocenters. The van der Waals surface area contributed by atoms with E-state index in [2.05, 4.69) is 49.6 Å². The highest BCUT2D eigenvalue weighted by Crippen LogP contribution is 2.42. The Morgan fingerprint density at radius 1 is 1.03 bits per heavy atom. The number of aromatic nitrogens is 4. The lowest BCUT2D eigenvalue weighted by Crippen LogP contribution is -2.48. The van der Waals surface area contributed by atoms with Crippen molar-refractivity contribution in [3.63, 3.8) is 0 Å². The number of ether oxygens (including phenoxy) is 1. The van der Waals surface area contributed by atoms with Gasteiger partial charge in [-0.15, -0.1) is 0 Å². The van der Waals surface area contributed by atoms with E-state index in [0.717, 1.165) is 67.9 Å². The molecule has 2 saturated heterocycles. The van der Waals surface area contributed by atoms with Crippen molar-refractivity contribution in [2.75, 3.05) is 49.6 Å². The fourth-order valence-corrected chi connectivity index (χ4v) is 5.80. The number of fused-ring (bicyclic) bond motifs is 4. The van der Waals surface area contributed by atoms with Crippen molar-refractivity contribution in [2.24, 2.45) is 0 Å². The minimum absolute atomic E-state index is 0.103. The first-order chi connectivity index (χ1) is 17.0. The maximum atomic E-state index is 12.7. The molecule has 0 bridgehead atoms. The summed E-state index contributed by atoms with van der Waals surface area (Å²) in [6, 6.07) is 6.62. The molecule has 3 aromatic heterocycles. The standard InChI is InChI=1S/C26H33N7O2/c1-18(2)31-9-11-32(12-10-31)20-3-4-23(27-17-20)29-25-28-16-19-15-21-22(34)5-6-26(7-13-35-14-8-26)33(21)24(19)30-25/h3-4,15-18H,5-14H2,1-2H3,(H,27,28,29,30). The van der Waals surface area contributed by atoms with E-state index >= 15 is 0 Å². The molecule has 9 heteroatoms. The summed E-state index contributed by atoms with van der Waals surface area (Å²) in [5, 5.41) is 4.16. The Hall–Kier alpha value is -3.04. The zero-order valence-electron chi connectivity index (χ0n) is 20.5. The van der Waals surface area contributed by atoms with Gasteiger partial charge in [-0.05, 0) is 51.3 Å². The number of rotatable bonds is 4. The first kappa shape index (κ1) is 22.4. The normalized spacial score (nSPS) is 20.5. The molecule has 0 atom stereocenters. The fraction of sp³-hybridized carbons (Fsp3) is 0.538. The Kier molecular flexibility index (Phi) is 5.69. The van der Waals surface area contributed by atoms with Crippen LogP contribution in [-0.2, 0) is 10.3 Å². The predicted molar refractivity (Wildman–Crippen MR) is 136 cm³/mol. The van der Waals surface area contributed by atoms with Crippen molar-refractivity contribution in [1.82, 2.24) is 24.4 Å². The van der Waals surface area contributed by atoms with Gasteiger partial charge in [0.2, 0.25) is 5.95 Å². The van der Waals surface area contributed by atoms with E-state index in [9.17, 15) is 4.79 Å². The molecule has 35 heavy (non-hydrogen) atoms. The molecular formula is C26H33N7O2. The lowest BCUT2D eigenvalue weighted by molar-refractivity contribution is 0.0123. The number of ketones is 1. The summed E-state index contributed by atoms with van der Waals surface area (Å²) in [5.41, 5.74) is 2.59. The molecule has 1 spiro atoms. The second-order valence-electron chi connectivity index (χ2n) is 10.2. The van der Waals surface area contributed by atoms with Crippen LogP contribution in [0.15, 0.2) is 30.6 Å². The van der Waals surface area contributed by atoms with Gasteiger partial charge >= 0.3 is 0 Å². The summed E-state index contributed by atoms with van der Waals surface area (Å²) < 4.78 is 7.82. The summed E-state index contributed by atoms with van der Waals surface area (Å²) in [6.45, 7) is 10.1. The molecule has 3 aliphatic heterocycles. The van der Waals surface area contributed by atoms with Gasteiger partial charge in [-0.25, -0.2) is 9.97 Å². The topological polar surface area (TPSA) is 88.4 Å². The molecule has 0 amide bonds. The lowest BCUT2D eigenvalue weighted by Gasteiger charge is -2.42. The Bertz CT molecular complexity index is 1220. The number of nitrogens with one attached hydrogen (secondary N) is 1. The van der Waals surface area contributed by atoms with Gasteiger partial charge < -0.3 is 19.5 Å². The number of anilines is 3. The SMILES string of the molecule is CC(C)N1CCN(c2ccc(Nc3ncc4cc5n(c4n3)C3(CCOCC3)CCC5=O)nc2)CC1. The van der Waals surface area contributed by atoms with Crippen LogP contribution < -0.4 is 10.2 Å². The van der Waals surface area contributed by atoms with Crippen LogP contribution in [0.4, 0.5) is 17.5 Å². The quantitative estimate of drug-likeness (QED) is 0.613. The molecule has 9 nitrogen and oxygen atoms in total. The van der Waals surface area contributed by atoms with Gasteiger partial charge in [-0.3, -0.25) is 9.69 Å². The molecule has 0 aliphatic carbocycles. The molecule has 0 saturated carbocycles. The van der Waals surface area contributed by atoms with E-state index in [1.165, 1.54) is 0 Å². The maximum Gasteiger partial charge on any atom is 0.230 e. The molecule has 3 aliphatic rings. The lowest BCUT2D eigenvalue weighted by atomic mass is 9.81. The minimum atomic E-state index is -0.103. The fourth-order valence-electron chi connectivity index (χ4n) is 5.80. The minimum Gasteiger partial charge on any atom is -0.381 e. The number of hydrogen-bond donors (Lipinski definition) is 1. The van der Waals surface area contributed by atoms with Crippen molar-refractivity contribution in [1.29, 1.82) is 0 Å². The highest BCUT2D eigenvalue weighted by Gasteiger charge is 2.42. The second-order valence-corrected chi connectivity index (χ2v) is 10.2. The number of carbonyl (C=O) groups excluding carboxylic acids is 1. The monoisotopic (exact) mass is 475 g/mol. The summed E-state index contributed by atoms with van der Waals surface area (Å²) in [6.07, 6.45) is 6.95. The van der Waals surface area contributed by atoms with Gasteiger partial charge in [0.05, 0.1) is 23.1 Å². The Morgan fingerprint density at radius 2 is 1.83 bits per heavy atom. The van der Waals surface area contributed by atoms with E-state index in [1.54, 1.807) is 6.20 Å². The van der Waals surface area contributed by atoms with Crippen LogP contribution >= 0.6 is 0 Å². The van der Waals surface area contributed by atoms with E-state index in [1.807, 2.05) is 18.3 Å². The van der Waals surface area contributed by atoms with E-state index in [4.69, 9.17) is 9.72 Å². The average molecular weight is 476 g/mol. The van der Waals surface area contributed by atoms with Crippen molar-refractivity contribution < 1.29 is 9.53 Å². The van der Waals surface area contributed by atoms with Crippen molar-refractivity contribution >= 4 is 34.3 Å². The van der Waals surface area contributed by atoms with Crippen molar-refractivity contribution in [3.8, 4) is 0 Å². The van der Waals surface area contributed by atoms with Crippen LogP contribution in [-0.4, -0.2) is 75.6 Å². The average Bonchev–Trinajstić information content (AvgIpc) is 3.28. The van der Waals surface area contributed by atoms with E-state index in [0.29, 0.717) is 37.4 Å². The zero-order valence-corrected chi connectivity index (χ0v) is 20.5. The Morgan fingerprint density at radius 3 is 2.54 bits per heavy atom. The van der Waals surface area contributed by atoms with Crippen LogP contribution in [0.2, 0.25) is 0 Å². The Balaban J connectivity index is 1.24. The number of pyridine rings is 1. The third-order valence-corrected chi connectivity index (χ3v) is 7.94. The van der Waals surface area contributed by atoms with Crippen molar-refractivity contribution in [2.45, 2.75) is 51.1 Å². The predicted octanol–water partition coefficient (Wildman–Crippen LogP) is 3.58. The summed E-state index contributed by atoms with van der Waals surface area (Å²) in [5.74, 6) is 1.38. The van der Waals surface area contributed by atoms with Gasteiger partial charge in [-0.1, -0.05) is 0 Å². The Labute approximate surface area is 205 Å². The first-order valence-electron chi connectivity index (χ1n) is 12.7. The molecule has 0 radical (unpaired) electrons. The second kappa shape index (κ2) is 8.87. The zero-order chi connectivity index (χ0) is 24.0. The van der Waals surface area contributed by atoms with Gasteiger partial charge in [0.25, 0.3) is 0 Å². The van der Waals surface area contributed by atoms with Gasteiger partial charge in [0.1, 0.15) is 11.5 Å². The van der Waals surface area contributed by atoms with E-state index in [-0.39, 0.29) is 11.3 Å². The summed E-state index contributed by atoms with van der Waals surface area (Å²) in [7, 11) is 0. The van der Waals surface area contributed by atoms with Crippen molar-refractivity contribution in [3.05, 3.63) is 36.3 Å². The van der Waals surface area contributed by atoms with Gasteiger partial charge in [0, 0.05) is 63.4 Å².